The van der Waals surface area contributed by atoms with Crippen LogP contribution in [0.3, 0.4) is 0 Å². The maximum absolute atomic E-state index is 13.0. The lowest BCUT2D eigenvalue weighted by molar-refractivity contribution is -0.145. The molecule has 0 aromatic heterocycles. The van der Waals surface area contributed by atoms with Gasteiger partial charge in [-0.25, -0.2) is 0 Å². The van der Waals surface area contributed by atoms with E-state index in [1.54, 1.807) is 0 Å². The largest absolute Gasteiger partial charge is 0.436 e. The molecule has 0 heterocycles. The van der Waals surface area contributed by atoms with Gasteiger partial charge in [-0.05, 0) is 31.2 Å². The highest BCUT2D eigenvalue weighted by atomic mass is 16.5. The van der Waals surface area contributed by atoms with Gasteiger partial charge in [0.25, 0.3) is 0 Å². The van der Waals surface area contributed by atoms with Crippen molar-refractivity contribution in [1.82, 2.24) is 16.0 Å². The Hall–Kier alpha value is -2.59. The van der Waals surface area contributed by atoms with Crippen LogP contribution in [-0.2, 0) is 20.8 Å². The molecule has 29 heavy (non-hydrogen) atoms. The van der Waals surface area contributed by atoms with Gasteiger partial charge in [0, 0.05) is 13.1 Å². The molecule has 1 aliphatic rings. The zero-order chi connectivity index (χ0) is 21.1. The van der Waals surface area contributed by atoms with E-state index >= 15 is 0 Å². The lowest BCUT2D eigenvalue weighted by Gasteiger charge is -2.29. The molecule has 0 radical (unpaired) electrons. The first kappa shape index (κ1) is 22.7. The zero-order valence-electron chi connectivity index (χ0n) is 16.6. The zero-order valence-corrected chi connectivity index (χ0v) is 16.6. The summed E-state index contributed by atoms with van der Waals surface area (Å²) in [6.45, 7) is 0.807. The van der Waals surface area contributed by atoms with Crippen molar-refractivity contribution >= 4 is 25.5 Å². The third-order valence-corrected chi connectivity index (χ3v) is 5.15. The van der Waals surface area contributed by atoms with E-state index in [1.165, 1.54) is 0 Å². The van der Waals surface area contributed by atoms with Crippen LogP contribution in [0.4, 0.5) is 0 Å². The minimum Gasteiger partial charge on any atom is -0.430 e. The third kappa shape index (κ3) is 6.76. The molecule has 9 nitrogen and oxygen atoms in total. The van der Waals surface area contributed by atoms with E-state index in [0.717, 1.165) is 18.4 Å². The van der Waals surface area contributed by atoms with Gasteiger partial charge in [0.1, 0.15) is 11.6 Å². The highest BCUT2D eigenvalue weighted by molar-refractivity contribution is 6.16. The maximum Gasteiger partial charge on any atom is 0.436 e. The summed E-state index contributed by atoms with van der Waals surface area (Å²) in [5.74, 6) is -0.787. The van der Waals surface area contributed by atoms with Gasteiger partial charge in [-0.15, -0.1) is 0 Å². The topological polar surface area (TPSA) is 150 Å². The predicted molar refractivity (Wildman–Crippen MR) is 111 cm³/mol. The molecule has 2 amide bonds. The van der Waals surface area contributed by atoms with Crippen LogP contribution in [0.25, 0.3) is 0 Å². The molecule has 1 aliphatic carbocycles. The van der Waals surface area contributed by atoms with Crippen LogP contribution in [0.2, 0.25) is 0 Å². The molecular formula is C19H30BN5O4. The quantitative estimate of drug-likeness (QED) is 0.0755. The van der Waals surface area contributed by atoms with Gasteiger partial charge in [0.2, 0.25) is 11.8 Å². The Morgan fingerprint density at radius 2 is 1.90 bits per heavy atom. The van der Waals surface area contributed by atoms with Crippen molar-refractivity contribution in [2.24, 2.45) is 11.1 Å². The van der Waals surface area contributed by atoms with Gasteiger partial charge in [0.15, 0.2) is 5.96 Å². The van der Waals surface area contributed by atoms with Gasteiger partial charge < -0.3 is 31.4 Å². The maximum atomic E-state index is 13.0. The monoisotopic (exact) mass is 403 g/mol. The number of nitrogens with one attached hydrogen (secondary N) is 4. The van der Waals surface area contributed by atoms with Crippen molar-refractivity contribution in [3.05, 3.63) is 35.9 Å². The Kier molecular flexibility index (Phi) is 8.94. The third-order valence-electron chi connectivity index (χ3n) is 5.15. The molecule has 158 valence electrons. The smallest absolute Gasteiger partial charge is 0.430 e. The van der Waals surface area contributed by atoms with E-state index in [1.807, 2.05) is 30.3 Å². The number of nitrogens with two attached hydrogens (primary N) is 1. The number of carbonyl (C=O) groups is 2. The minimum atomic E-state index is -1.12. The van der Waals surface area contributed by atoms with Gasteiger partial charge >= 0.3 is 7.69 Å². The van der Waals surface area contributed by atoms with Crippen molar-refractivity contribution in [3.8, 4) is 0 Å². The average Bonchev–Trinajstić information content (AvgIpc) is 3.21. The Balaban J connectivity index is 1.96. The molecule has 1 aromatic rings. The summed E-state index contributed by atoms with van der Waals surface area (Å²) < 4.78 is 5.21. The van der Waals surface area contributed by atoms with E-state index in [4.69, 9.17) is 20.8 Å². The molecule has 0 spiro atoms. The molecule has 0 saturated heterocycles. The summed E-state index contributed by atoms with van der Waals surface area (Å²) in [7, 11) is -0.543. The van der Waals surface area contributed by atoms with Crippen LogP contribution in [0, 0.1) is 10.8 Å². The fourth-order valence-electron chi connectivity index (χ4n) is 3.57. The Morgan fingerprint density at radius 1 is 1.21 bits per heavy atom. The second-order valence-electron chi connectivity index (χ2n) is 7.20. The van der Waals surface area contributed by atoms with Crippen molar-refractivity contribution < 1.29 is 19.3 Å². The van der Waals surface area contributed by atoms with Crippen LogP contribution in [0.15, 0.2) is 30.3 Å². The van der Waals surface area contributed by atoms with Crippen LogP contribution in [0.5, 0.6) is 0 Å². The van der Waals surface area contributed by atoms with Crippen LogP contribution < -0.4 is 21.7 Å². The molecule has 10 heteroatoms. The second-order valence-corrected chi connectivity index (χ2v) is 7.20. The number of carbonyl (C=O) groups excluding carboxylic acids is 2. The summed E-state index contributed by atoms with van der Waals surface area (Å²) in [6.07, 6.45) is 2.83. The fourth-order valence-corrected chi connectivity index (χ4v) is 3.57. The first-order valence-corrected chi connectivity index (χ1v) is 9.91. The SMILES string of the molecule is N=C(N)NCCC[C@H](NC(=O)C1(C(=O)NCc2ccccc2)CCCC1)OBO. The lowest BCUT2D eigenvalue weighted by atomic mass is 9.83. The van der Waals surface area contributed by atoms with Crippen molar-refractivity contribution in [3.63, 3.8) is 0 Å². The molecule has 7 N–H and O–H groups in total. The summed E-state index contributed by atoms with van der Waals surface area (Å²) in [4.78, 5) is 26.0. The number of guanidine groups is 1. The molecule has 1 atom stereocenters. The van der Waals surface area contributed by atoms with E-state index in [2.05, 4.69) is 16.0 Å². The Labute approximate surface area is 171 Å². The molecule has 0 aliphatic heterocycles. The number of rotatable bonds is 11. The molecule has 1 aromatic carbocycles. The normalized spacial score (nSPS) is 15.9. The van der Waals surface area contributed by atoms with E-state index in [-0.39, 0.29) is 17.8 Å². The molecular weight excluding hydrogens is 373 g/mol. The van der Waals surface area contributed by atoms with Gasteiger partial charge in [-0.2, -0.15) is 0 Å². The van der Waals surface area contributed by atoms with Gasteiger partial charge in [-0.1, -0.05) is 43.2 Å². The lowest BCUT2D eigenvalue weighted by Crippen LogP contribution is -2.53. The summed E-state index contributed by atoms with van der Waals surface area (Å²) in [5.41, 5.74) is 5.08. The highest BCUT2D eigenvalue weighted by Crippen LogP contribution is 2.39. The molecule has 0 unspecified atom stereocenters. The van der Waals surface area contributed by atoms with Crippen molar-refractivity contribution in [1.29, 1.82) is 5.41 Å². The van der Waals surface area contributed by atoms with Crippen molar-refractivity contribution in [2.75, 3.05) is 6.54 Å². The number of hydrogen-bond acceptors (Lipinski definition) is 5. The van der Waals surface area contributed by atoms with Crippen LogP contribution in [-0.4, -0.2) is 43.3 Å². The average molecular weight is 403 g/mol. The number of hydrogen-bond donors (Lipinski definition) is 6. The molecule has 1 saturated carbocycles. The molecule has 2 rings (SSSR count). The first-order valence-electron chi connectivity index (χ1n) is 9.91. The minimum absolute atomic E-state index is 0.131. The van der Waals surface area contributed by atoms with Gasteiger partial charge in [0.05, 0.1) is 0 Å². The Morgan fingerprint density at radius 3 is 2.52 bits per heavy atom. The second kappa shape index (κ2) is 11.4. The summed E-state index contributed by atoms with van der Waals surface area (Å²) in [5, 5.41) is 24.6. The number of benzene rings is 1. The first-order chi connectivity index (χ1) is 14.0. The Bertz CT molecular complexity index is 682. The number of amides is 2. The highest BCUT2D eigenvalue weighted by Gasteiger charge is 2.48. The molecule has 1 fully saturated rings. The van der Waals surface area contributed by atoms with E-state index < -0.39 is 19.3 Å². The van der Waals surface area contributed by atoms with E-state index in [0.29, 0.717) is 38.8 Å². The fraction of sp³-hybridized carbons (Fsp3) is 0.526. The van der Waals surface area contributed by atoms with E-state index in [9.17, 15) is 9.59 Å². The van der Waals surface area contributed by atoms with Crippen LogP contribution >= 0.6 is 0 Å². The van der Waals surface area contributed by atoms with Crippen molar-refractivity contribution in [2.45, 2.75) is 51.3 Å². The summed E-state index contributed by atoms with van der Waals surface area (Å²) >= 11 is 0. The molecule has 0 bridgehead atoms. The predicted octanol–water partition coefficient (Wildman–Crippen LogP) is -0.156. The van der Waals surface area contributed by atoms with Crippen LogP contribution in [0.1, 0.15) is 44.1 Å². The summed E-state index contributed by atoms with van der Waals surface area (Å²) in [6, 6.07) is 9.54. The standard InChI is InChI=1S/C19H30BN5O4/c21-18(22)23-12-6-9-15(29-20-28)25-17(27)19(10-4-5-11-19)16(26)24-13-14-7-2-1-3-8-14/h1-3,7-8,15,20,28H,4-6,9-13H2,(H,24,26)(H,25,27)(H4,21,22,23)/t15-/m1/s1. The van der Waals surface area contributed by atoms with Gasteiger partial charge in [-0.3, -0.25) is 15.0 Å².